The van der Waals surface area contributed by atoms with Gasteiger partial charge in [0.05, 0.1) is 11.8 Å². The number of hydrogen-bond acceptors (Lipinski definition) is 3. The highest BCUT2D eigenvalue weighted by molar-refractivity contribution is 7.80. The SMILES string of the molecule is O=C1C2CC2C(=O)N1CC1(CS)CCCCC1. The lowest BCUT2D eigenvalue weighted by atomic mass is 9.75. The number of piperidine rings is 1. The van der Waals surface area contributed by atoms with Crippen LogP contribution >= 0.6 is 12.6 Å². The number of carbonyl (C=O) groups excluding carboxylic acids is 2. The number of amides is 2. The summed E-state index contributed by atoms with van der Waals surface area (Å²) in [5, 5.41) is 0. The van der Waals surface area contributed by atoms with Gasteiger partial charge < -0.3 is 0 Å². The van der Waals surface area contributed by atoms with E-state index in [1.54, 1.807) is 4.90 Å². The summed E-state index contributed by atoms with van der Waals surface area (Å²) in [6.07, 6.45) is 6.74. The number of nitrogens with zero attached hydrogens (tertiary/aromatic N) is 1. The molecule has 2 aliphatic carbocycles. The highest BCUT2D eigenvalue weighted by Crippen LogP contribution is 2.49. The normalized spacial score (nSPS) is 35.0. The van der Waals surface area contributed by atoms with E-state index in [1.807, 2.05) is 0 Å². The summed E-state index contributed by atoms with van der Waals surface area (Å²) in [6.45, 7) is 0.626. The molecule has 0 spiro atoms. The lowest BCUT2D eigenvalue weighted by molar-refractivity contribution is -0.143. The highest BCUT2D eigenvalue weighted by atomic mass is 32.1. The number of hydrogen-bond donors (Lipinski definition) is 1. The highest BCUT2D eigenvalue weighted by Gasteiger charge is 2.59. The zero-order chi connectivity index (χ0) is 12.0. The zero-order valence-electron chi connectivity index (χ0n) is 10.0. The Morgan fingerprint density at radius 1 is 1.12 bits per heavy atom. The average molecular weight is 253 g/mol. The maximum absolute atomic E-state index is 12.0. The Hall–Kier alpha value is -0.510. The molecule has 94 valence electrons. The van der Waals surface area contributed by atoms with Gasteiger partial charge >= 0.3 is 0 Å². The molecule has 1 heterocycles. The first-order chi connectivity index (χ1) is 8.17. The summed E-state index contributed by atoms with van der Waals surface area (Å²) in [6, 6.07) is 0. The van der Waals surface area contributed by atoms with Crippen molar-refractivity contribution in [3.63, 3.8) is 0 Å². The van der Waals surface area contributed by atoms with Crippen LogP contribution in [0.4, 0.5) is 0 Å². The van der Waals surface area contributed by atoms with Crippen LogP contribution in [-0.4, -0.2) is 29.0 Å². The Morgan fingerprint density at radius 3 is 2.24 bits per heavy atom. The van der Waals surface area contributed by atoms with Crippen molar-refractivity contribution < 1.29 is 9.59 Å². The fourth-order valence-corrected chi connectivity index (χ4v) is 3.83. The monoisotopic (exact) mass is 253 g/mol. The number of rotatable bonds is 3. The first-order valence-corrected chi connectivity index (χ1v) is 7.26. The second-order valence-electron chi connectivity index (χ2n) is 5.93. The van der Waals surface area contributed by atoms with Crippen LogP contribution in [0.3, 0.4) is 0 Å². The third-order valence-corrected chi connectivity index (χ3v) is 5.37. The Bertz CT molecular complexity index is 342. The van der Waals surface area contributed by atoms with E-state index < -0.39 is 0 Å². The molecule has 3 rings (SSSR count). The molecule has 17 heavy (non-hydrogen) atoms. The van der Waals surface area contributed by atoms with Crippen LogP contribution < -0.4 is 0 Å². The topological polar surface area (TPSA) is 37.4 Å². The summed E-state index contributed by atoms with van der Waals surface area (Å²) in [5.41, 5.74) is 0.101. The quantitative estimate of drug-likeness (QED) is 0.616. The zero-order valence-corrected chi connectivity index (χ0v) is 10.9. The number of imide groups is 1. The molecule has 0 aromatic carbocycles. The molecule has 0 radical (unpaired) electrons. The first kappa shape index (κ1) is 11.6. The Labute approximate surface area is 107 Å². The van der Waals surface area contributed by atoms with Gasteiger partial charge in [0.1, 0.15) is 0 Å². The smallest absolute Gasteiger partial charge is 0.233 e. The number of carbonyl (C=O) groups is 2. The summed E-state index contributed by atoms with van der Waals surface area (Å²) in [7, 11) is 0. The van der Waals surface area contributed by atoms with Crippen molar-refractivity contribution in [2.24, 2.45) is 17.3 Å². The molecule has 1 saturated heterocycles. The van der Waals surface area contributed by atoms with Gasteiger partial charge in [-0.25, -0.2) is 0 Å². The van der Waals surface area contributed by atoms with E-state index in [0.717, 1.165) is 25.0 Å². The third kappa shape index (κ3) is 1.81. The van der Waals surface area contributed by atoms with Crippen LogP contribution in [0, 0.1) is 17.3 Å². The van der Waals surface area contributed by atoms with E-state index in [2.05, 4.69) is 12.6 Å². The Kier molecular flexibility index (Phi) is 2.73. The lowest BCUT2D eigenvalue weighted by Gasteiger charge is -2.38. The van der Waals surface area contributed by atoms with Gasteiger partial charge in [-0.2, -0.15) is 12.6 Å². The van der Waals surface area contributed by atoms with Crippen LogP contribution in [0.25, 0.3) is 0 Å². The largest absolute Gasteiger partial charge is 0.282 e. The van der Waals surface area contributed by atoms with Crippen molar-refractivity contribution in [3.8, 4) is 0 Å². The summed E-state index contributed by atoms with van der Waals surface area (Å²) in [4.78, 5) is 25.5. The second kappa shape index (κ2) is 4.01. The molecule has 3 aliphatic rings. The maximum Gasteiger partial charge on any atom is 0.233 e. The van der Waals surface area contributed by atoms with E-state index >= 15 is 0 Å². The summed E-state index contributed by atoms with van der Waals surface area (Å²) in [5.74, 6) is 1.06. The minimum Gasteiger partial charge on any atom is -0.282 e. The third-order valence-electron chi connectivity index (χ3n) is 4.70. The molecule has 0 aromatic rings. The molecule has 2 amide bonds. The van der Waals surface area contributed by atoms with E-state index in [1.165, 1.54) is 19.3 Å². The van der Waals surface area contributed by atoms with Gasteiger partial charge in [0.15, 0.2) is 0 Å². The molecule has 2 saturated carbocycles. The van der Waals surface area contributed by atoms with Crippen LogP contribution in [0.5, 0.6) is 0 Å². The Balaban J connectivity index is 1.73. The predicted octanol–water partition coefficient (Wildman–Crippen LogP) is 1.87. The average Bonchev–Trinajstić information content (AvgIpc) is 3.11. The van der Waals surface area contributed by atoms with E-state index in [-0.39, 0.29) is 29.1 Å². The molecule has 0 N–H and O–H groups in total. The van der Waals surface area contributed by atoms with Crippen molar-refractivity contribution >= 4 is 24.4 Å². The molecule has 0 bridgehead atoms. The van der Waals surface area contributed by atoms with Crippen LogP contribution in [0.1, 0.15) is 38.5 Å². The van der Waals surface area contributed by atoms with E-state index in [0.29, 0.717) is 6.54 Å². The maximum atomic E-state index is 12.0. The molecule has 2 unspecified atom stereocenters. The molecule has 3 fully saturated rings. The van der Waals surface area contributed by atoms with Gasteiger partial charge in [-0.1, -0.05) is 19.3 Å². The van der Waals surface area contributed by atoms with Crippen molar-refractivity contribution in [1.29, 1.82) is 0 Å². The fourth-order valence-electron chi connectivity index (χ4n) is 3.41. The lowest BCUT2D eigenvalue weighted by Crippen LogP contribution is -2.44. The second-order valence-corrected chi connectivity index (χ2v) is 6.25. The van der Waals surface area contributed by atoms with Gasteiger partial charge in [-0.3, -0.25) is 14.5 Å². The van der Waals surface area contributed by atoms with E-state index in [9.17, 15) is 9.59 Å². The van der Waals surface area contributed by atoms with Crippen molar-refractivity contribution in [2.45, 2.75) is 38.5 Å². The first-order valence-electron chi connectivity index (χ1n) is 6.63. The standard InChI is InChI=1S/C13H19NO2S/c15-11-9-6-10(9)12(16)14(11)7-13(8-17)4-2-1-3-5-13/h9-10,17H,1-8H2. The molecule has 4 heteroatoms. The fraction of sp³-hybridized carbons (Fsp3) is 0.846. The van der Waals surface area contributed by atoms with Crippen LogP contribution in [-0.2, 0) is 9.59 Å². The van der Waals surface area contributed by atoms with E-state index in [4.69, 9.17) is 0 Å². The molecule has 1 aliphatic heterocycles. The number of thiol groups is 1. The molecule has 0 aromatic heterocycles. The molecular weight excluding hydrogens is 234 g/mol. The molecule has 3 nitrogen and oxygen atoms in total. The molecular formula is C13H19NO2S. The minimum atomic E-state index is 0.0445. The minimum absolute atomic E-state index is 0.0445. The van der Waals surface area contributed by atoms with Crippen molar-refractivity contribution in [2.75, 3.05) is 12.3 Å². The molecule has 2 atom stereocenters. The number of fused-ring (bicyclic) bond motifs is 1. The van der Waals surface area contributed by atoms with Gasteiger partial charge in [0, 0.05) is 6.54 Å². The predicted molar refractivity (Wildman–Crippen MR) is 67.7 cm³/mol. The van der Waals surface area contributed by atoms with Gasteiger partial charge in [-0.15, -0.1) is 0 Å². The van der Waals surface area contributed by atoms with Crippen molar-refractivity contribution in [3.05, 3.63) is 0 Å². The van der Waals surface area contributed by atoms with Crippen LogP contribution in [0.15, 0.2) is 0 Å². The summed E-state index contributed by atoms with van der Waals surface area (Å²) < 4.78 is 0. The number of likely N-dealkylation sites (tertiary alicyclic amines) is 1. The Morgan fingerprint density at radius 2 is 1.71 bits per heavy atom. The van der Waals surface area contributed by atoms with Gasteiger partial charge in [0.2, 0.25) is 11.8 Å². The van der Waals surface area contributed by atoms with Crippen LogP contribution in [0.2, 0.25) is 0 Å². The van der Waals surface area contributed by atoms with Crippen molar-refractivity contribution in [1.82, 2.24) is 4.90 Å². The van der Waals surface area contributed by atoms with Gasteiger partial charge in [0.25, 0.3) is 0 Å². The van der Waals surface area contributed by atoms with Gasteiger partial charge in [-0.05, 0) is 30.4 Å². The summed E-state index contributed by atoms with van der Waals surface area (Å²) >= 11 is 4.47.